The van der Waals surface area contributed by atoms with E-state index in [-0.39, 0.29) is 17.1 Å². The Hall–Kier alpha value is -3.97. The van der Waals surface area contributed by atoms with Gasteiger partial charge in [0.1, 0.15) is 40.5 Å². The molecule has 7 heteroatoms. The summed E-state index contributed by atoms with van der Waals surface area (Å²) in [6.45, 7) is 0. The molecule has 0 saturated carbocycles. The zero-order valence-corrected chi connectivity index (χ0v) is 13.7. The van der Waals surface area contributed by atoms with Crippen LogP contribution < -0.4 is 10.6 Å². The molecule has 0 aliphatic carbocycles. The third-order valence-corrected chi connectivity index (χ3v) is 3.76. The first kappa shape index (κ1) is 17.8. The molecule has 0 radical (unpaired) electrons. The lowest BCUT2D eigenvalue weighted by Gasteiger charge is -2.17. The summed E-state index contributed by atoms with van der Waals surface area (Å²) in [7, 11) is 0. The summed E-state index contributed by atoms with van der Waals surface area (Å²) in [4.78, 5) is 0. The molecule has 0 amide bonds. The third kappa shape index (κ3) is 3.53. The Labute approximate surface area is 153 Å². The number of anilines is 4. The Morgan fingerprint density at radius 1 is 0.630 bits per heavy atom. The van der Waals surface area contributed by atoms with E-state index in [0.717, 1.165) is 12.1 Å². The summed E-state index contributed by atoms with van der Waals surface area (Å²) >= 11 is 0. The number of para-hydroxylation sites is 1. The first-order valence-corrected chi connectivity index (χ1v) is 7.75. The van der Waals surface area contributed by atoms with E-state index in [1.165, 1.54) is 24.3 Å². The van der Waals surface area contributed by atoms with Gasteiger partial charge in [0.05, 0.1) is 0 Å². The highest BCUT2D eigenvalue weighted by atomic mass is 19.1. The Bertz CT molecular complexity index is 1070. The minimum Gasteiger partial charge on any atom is -0.351 e. The second-order valence-electron chi connectivity index (χ2n) is 5.47. The van der Waals surface area contributed by atoms with Gasteiger partial charge in [0.2, 0.25) is 0 Å². The maximum absolute atomic E-state index is 14.9. The molecule has 27 heavy (non-hydrogen) atoms. The van der Waals surface area contributed by atoms with Gasteiger partial charge in [-0.25, -0.2) is 13.2 Å². The molecule has 0 spiro atoms. The van der Waals surface area contributed by atoms with E-state index in [1.54, 1.807) is 30.3 Å². The molecule has 0 bridgehead atoms. The second-order valence-corrected chi connectivity index (χ2v) is 5.47. The van der Waals surface area contributed by atoms with E-state index >= 15 is 0 Å². The number of halogens is 3. The molecule has 0 aliphatic rings. The van der Waals surface area contributed by atoms with Crippen LogP contribution in [0.15, 0.2) is 54.6 Å². The van der Waals surface area contributed by atoms with Gasteiger partial charge >= 0.3 is 0 Å². The number of nitriles is 2. The SMILES string of the molecule is N#Cc1c(F)c(Nc2ccccc2)c(Nc2ccc(F)cc2)c(F)c1C#N. The smallest absolute Gasteiger partial charge is 0.168 e. The first-order valence-electron chi connectivity index (χ1n) is 7.75. The highest BCUT2D eigenvalue weighted by Gasteiger charge is 2.25. The molecule has 3 aromatic carbocycles. The number of hydrogen-bond donors (Lipinski definition) is 2. The summed E-state index contributed by atoms with van der Waals surface area (Å²) in [6.07, 6.45) is 0. The maximum atomic E-state index is 14.9. The number of rotatable bonds is 4. The van der Waals surface area contributed by atoms with Crippen LogP contribution in [-0.2, 0) is 0 Å². The van der Waals surface area contributed by atoms with Crippen molar-refractivity contribution in [2.75, 3.05) is 10.6 Å². The summed E-state index contributed by atoms with van der Waals surface area (Å²) < 4.78 is 42.9. The molecular formula is C20H11F3N4. The summed E-state index contributed by atoms with van der Waals surface area (Å²) in [5.74, 6) is -2.64. The van der Waals surface area contributed by atoms with Crippen molar-refractivity contribution < 1.29 is 13.2 Å². The van der Waals surface area contributed by atoms with Gasteiger partial charge in [0, 0.05) is 11.4 Å². The molecule has 0 heterocycles. The van der Waals surface area contributed by atoms with Crippen LogP contribution in [0.2, 0.25) is 0 Å². The summed E-state index contributed by atoms with van der Waals surface area (Å²) in [5.41, 5.74) is -1.38. The van der Waals surface area contributed by atoms with Crippen LogP contribution in [-0.4, -0.2) is 0 Å². The van der Waals surface area contributed by atoms with Gasteiger partial charge in [-0.05, 0) is 36.4 Å². The van der Waals surface area contributed by atoms with Gasteiger partial charge in [-0.3, -0.25) is 0 Å². The summed E-state index contributed by atoms with van der Waals surface area (Å²) in [6, 6.07) is 16.4. The van der Waals surface area contributed by atoms with E-state index in [1.807, 2.05) is 0 Å². The van der Waals surface area contributed by atoms with Crippen molar-refractivity contribution in [1.29, 1.82) is 10.5 Å². The van der Waals surface area contributed by atoms with Crippen LogP contribution in [0.25, 0.3) is 0 Å². The maximum Gasteiger partial charge on any atom is 0.168 e. The van der Waals surface area contributed by atoms with Crippen molar-refractivity contribution in [3.8, 4) is 12.1 Å². The molecule has 0 aromatic heterocycles. The van der Waals surface area contributed by atoms with E-state index < -0.39 is 28.6 Å². The monoisotopic (exact) mass is 364 g/mol. The zero-order valence-electron chi connectivity index (χ0n) is 13.7. The second kappa shape index (κ2) is 7.51. The molecule has 0 fully saturated rings. The van der Waals surface area contributed by atoms with E-state index in [4.69, 9.17) is 10.5 Å². The molecule has 132 valence electrons. The Morgan fingerprint density at radius 3 is 1.52 bits per heavy atom. The third-order valence-electron chi connectivity index (χ3n) is 3.76. The van der Waals surface area contributed by atoms with Gasteiger partial charge in [-0.2, -0.15) is 10.5 Å². The van der Waals surface area contributed by atoms with Crippen molar-refractivity contribution >= 4 is 22.7 Å². The molecular weight excluding hydrogens is 353 g/mol. The molecule has 0 unspecified atom stereocenters. The van der Waals surface area contributed by atoms with Crippen molar-refractivity contribution in [1.82, 2.24) is 0 Å². The molecule has 0 atom stereocenters. The Kier molecular flexibility index (Phi) is 4.96. The van der Waals surface area contributed by atoms with Crippen LogP contribution in [0, 0.1) is 40.1 Å². The molecule has 2 N–H and O–H groups in total. The minimum atomic E-state index is -1.08. The van der Waals surface area contributed by atoms with Crippen LogP contribution in [0.1, 0.15) is 11.1 Å². The van der Waals surface area contributed by atoms with E-state index in [9.17, 15) is 13.2 Å². The van der Waals surface area contributed by atoms with Crippen LogP contribution in [0.5, 0.6) is 0 Å². The fourth-order valence-electron chi connectivity index (χ4n) is 2.48. The van der Waals surface area contributed by atoms with Crippen molar-refractivity contribution in [2.45, 2.75) is 0 Å². The topological polar surface area (TPSA) is 71.6 Å². The van der Waals surface area contributed by atoms with Gasteiger partial charge in [-0.1, -0.05) is 18.2 Å². The number of hydrogen-bond acceptors (Lipinski definition) is 4. The van der Waals surface area contributed by atoms with Gasteiger partial charge in [0.25, 0.3) is 0 Å². The van der Waals surface area contributed by atoms with Crippen molar-refractivity contribution in [3.63, 3.8) is 0 Å². The lowest BCUT2D eigenvalue weighted by molar-refractivity contribution is 0.600. The average Bonchev–Trinajstić information content (AvgIpc) is 2.69. The first-order chi connectivity index (χ1) is 13.0. The molecule has 3 aromatic rings. The quantitative estimate of drug-likeness (QED) is 0.656. The molecule has 0 aliphatic heterocycles. The van der Waals surface area contributed by atoms with Crippen LogP contribution >= 0.6 is 0 Å². The van der Waals surface area contributed by atoms with E-state index in [0.29, 0.717) is 5.69 Å². The Morgan fingerprint density at radius 2 is 1.07 bits per heavy atom. The minimum absolute atomic E-state index is 0.277. The lowest BCUT2D eigenvalue weighted by atomic mass is 10.0. The van der Waals surface area contributed by atoms with Gasteiger partial charge < -0.3 is 10.6 Å². The van der Waals surface area contributed by atoms with Crippen molar-refractivity contribution in [2.24, 2.45) is 0 Å². The van der Waals surface area contributed by atoms with Gasteiger partial charge in [0.15, 0.2) is 11.6 Å². The predicted molar refractivity (Wildman–Crippen MR) is 95.2 cm³/mol. The average molecular weight is 364 g/mol. The molecule has 0 saturated heterocycles. The van der Waals surface area contributed by atoms with Crippen LogP contribution in [0.4, 0.5) is 35.9 Å². The fourth-order valence-corrected chi connectivity index (χ4v) is 2.48. The van der Waals surface area contributed by atoms with E-state index in [2.05, 4.69) is 10.6 Å². The fraction of sp³-hybridized carbons (Fsp3) is 0. The number of benzene rings is 3. The number of nitrogens with zero attached hydrogens (tertiary/aromatic N) is 2. The van der Waals surface area contributed by atoms with Crippen molar-refractivity contribution in [3.05, 3.63) is 83.2 Å². The largest absolute Gasteiger partial charge is 0.351 e. The van der Waals surface area contributed by atoms with Gasteiger partial charge in [-0.15, -0.1) is 0 Å². The normalized spacial score (nSPS) is 9.96. The highest BCUT2D eigenvalue weighted by Crippen LogP contribution is 2.37. The Balaban J connectivity index is 2.19. The standard InChI is InChI=1S/C20H11F3N4/c21-12-6-8-14(9-7-12)27-20-18(23)16(11-25)15(10-24)17(22)19(20)26-13-4-2-1-3-5-13/h1-9,26-27H. The van der Waals surface area contributed by atoms with Crippen LogP contribution in [0.3, 0.4) is 0 Å². The number of nitrogens with one attached hydrogen (secondary N) is 2. The highest BCUT2D eigenvalue weighted by molar-refractivity contribution is 5.82. The molecule has 3 rings (SSSR count). The summed E-state index contributed by atoms with van der Waals surface area (Å²) in [5, 5.41) is 23.7. The molecule has 4 nitrogen and oxygen atoms in total. The zero-order chi connectivity index (χ0) is 19.4. The lowest BCUT2D eigenvalue weighted by Crippen LogP contribution is -2.08. The predicted octanol–water partition coefficient (Wildman–Crippen LogP) is 5.33.